The van der Waals surface area contributed by atoms with Gasteiger partial charge < -0.3 is 14.8 Å². The second-order valence-electron chi connectivity index (χ2n) is 4.68. The van der Waals surface area contributed by atoms with Crippen LogP contribution >= 0.6 is 33.9 Å². The molecule has 3 aromatic rings. The van der Waals surface area contributed by atoms with Gasteiger partial charge in [-0.2, -0.15) is 0 Å². The van der Waals surface area contributed by atoms with Gasteiger partial charge in [-0.15, -0.1) is 11.3 Å². The Morgan fingerprint density at radius 2 is 2.10 bits per heavy atom. The molecule has 0 aliphatic heterocycles. The summed E-state index contributed by atoms with van der Waals surface area (Å²) in [5.74, 6) is 1.27. The van der Waals surface area contributed by atoms with Crippen molar-refractivity contribution in [1.29, 1.82) is 0 Å². The highest BCUT2D eigenvalue weighted by Gasteiger charge is 2.22. The average molecular weight is 411 g/mol. The first-order chi connectivity index (χ1) is 10.1. The summed E-state index contributed by atoms with van der Waals surface area (Å²) in [4.78, 5) is 0.914. The van der Waals surface area contributed by atoms with Crippen molar-refractivity contribution in [3.63, 3.8) is 0 Å². The van der Waals surface area contributed by atoms with E-state index in [0.29, 0.717) is 17.2 Å². The monoisotopic (exact) mass is 411 g/mol. The molecule has 2 aromatic heterocycles. The van der Waals surface area contributed by atoms with Gasteiger partial charge >= 0.3 is 0 Å². The third kappa shape index (κ3) is 2.55. The standard InChI is InChI=1S/C16H14INO2S/c1-9-5-6-10(8-11(9)17)13-14(19)15(20-16(13)18-2)12-4-3-7-21-12/h3-8,18-19H,1-2H3. The first kappa shape index (κ1) is 14.5. The van der Waals surface area contributed by atoms with E-state index in [4.69, 9.17) is 4.42 Å². The van der Waals surface area contributed by atoms with E-state index in [0.717, 1.165) is 14.0 Å². The molecule has 0 aliphatic rings. The zero-order valence-electron chi connectivity index (χ0n) is 11.6. The Morgan fingerprint density at radius 1 is 1.29 bits per heavy atom. The number of nitrogens with one attached hydrogen (secondary N) is 1. The summed E-state index contributed by atoms with van der Waals surface area (Å²) in [6.07, 6.45) is 0. The molecule has 0 saturated heterocycles. The average Bonchev–Trinajstić information content (AvgIpc) is 3.09. The van der Waals surface area contributed by atoms with Crippen LogP contribution in [0.2, 0.25) is 0 Å². The summed E-state index contributed by atoms with van der Waals surface area (Å²) >= 11 is 3.84. The quantitative estimate of drug-likeness (QED) is 0.573. The van der Waals surface area contributed by atoms with Crippen molar-refractivity contribution >= 4 is 39.8 Å². The Hall–Kier alpha value is -1.47. The van der Waals surface area contributed by atoms with Crippen LogP contribution in [0.4, 0.5) is 5.88 Å². The molecule has 3 nitrogen and oxygen atoms in total. The van der Waals surface area contributed by atoms with E-state index in [1.165, 1.54) is 5.56 Å². The van der Waals surface area contributed by atoms with Crippen molar-refractivity contribution < 1.29 is 9.52 Å². The minimum atomic E-state index is 0.182. The molecule has 0 amide bonds. The first-order valence-corrected chi connectivity index (χ1v) is 8.41. The van der Waals surface area contributed by atoms with Crippen LogP contribution in [0.15, 0.2) is 40.1 Å². The second-order valence-corrected chi connectivity index (χ2v) is 6.79. The molecule has 3 rings (SSSR count). The van der Waals surface area contributed by atoms with E-state index < -0.39 is 0 Å². The number of thiophene rings is 1. The van der Waals surface area contributed by atoms with E-state index >= 15 is 0 Å². The Morgan fingerprint density at radius 3 is 2.71 bits per heavy atom. The molecule has 0 unspecified atom stereocenters. The van der Waals surface area contributed by atoms with Gasteiger partial charge in [0.1, 0.15) is 0 Å². The van der Waals surface area contributed by atoms with Gasteiger partial charge in [-0.3, -0.25) is 0 Å². The van der Waals surface area contributed by atoms with Gasteiger partial charge in [0.15, 0.2) is 11.5 Å². The van der Waals surface area contributed by atoms with Crippen LogP contribution < -0.4 is 5.32 Å². The number of benzene rings is 1. The number of aryl methyl sites for hydroxylation is 1. The number of halogens is 1. The summed E-state index contributed by atoms with van der Waals surface area (Å²) in [6.45, 7) is 2.07. The van der Waals surface area contributed by atoms with Crippen LogP contribution in [0.5, 0.6) is 5.75 Å². The molecule has 0 aliphatic carbocycles. The Labute approximate surface area is 140 Å². The maximum atomic E-state index is 10.6. The first-order valence-electron chi connectivity index (χ1n) is 6.45. The fourth-order valence-electron chi connectivity index (χ4n) is 2.19. The highest BCUT2D eigenvalue weighted by molar-refractivity contribution is 14.1. The van der Waals surface area contributed by atoms with E-state index in [2.05, 4.69) is 40.9 Å². The van der Waals surface area contributed by atoms with Gasteiger partial charge in [-0.1, -0.05) is 18.2 Å². The Balaban J connectivity index is 2.20. The predicted octanol–water partition coefficient (Wildman–Crippen LogP) is 5.34. The molecule has 0 spiro atoms. The van der Waals surface area contributed by atoms with E-state index in [1.54, 1.807) is 18.4 Å². The Kier molecular flexibility index (Phi) is 3.95. The number of rotatable bonds is 3. The lowest BCUT2D eigenvalue weighted by atomic mass is 10.0. The second kappa shape index (κ2) is 5.73. The number of furan rings is 1. The maximum absolute atomic E-state index is 10.6. The van der Waals surface area contributed by atoms with Gasteiger partial charge in [0.2, 0.25) is 5.88 Å². The lowest BCUT2D eigenvalue weighted by Crippen LogP contribution is -1.89. The minimum absolute atomic E-state index is 0.182. The molecule has 2 N–H and O–H groups in total. The number of hydrogen-bond donors (Lipinski definition) is 2. The summed E-state index contributed by atoms with van der Waals surface area (Å²) in [7, 11) is 1.79. The van der Waals surface area contributed by atoms with Gasteiger partial charge in [-0.25, -0.2) is 0 Å². The van der Waals surface area contributed by atoms with Crippen molar-refractivity contribution in [1.82, 2.24) is 0 Å². The van der Waals surface area contributed by atoms with Gasteiger partial charge in [-0.05, 0) is 58.2 Å². The predicted molar refractivity (Wildman–Crippen MR) is 96.1 cm³/mol. The van der Waals surface area contributed by atoms with Crippen LogP contribution in [0, 0.1) is 10.5 Å². The summed E-state index contributed by atoms with van der Waals surface area (Å²) in [6, 6.07) is 9.98. The van der Waals surface area contributed by atoms with E-state index in [-0.39, 0.29) is 5.75 Å². The molecule has 0 saturated carbocycles. The molecule has 5 heteroatoms. The van der Waals surface area contributed by atoms with E-state index in [1.807, 2.05) is 29.6 Å². The Bertz CT molecular complexity index is 778. The fourth-order valence-corrected chi connectivity index (χ4v) is 3.41. The third-order valence-corrected chi connectivity index (χ3v) is 5.35. The lowest BCUT2D eigenvalue weighted by Gasteiger charge is -2.05. The molecule has 0 radical (unpaired) electrons. The molecule has 0 bridgehead atoms. The largest absolute Gasteiger partial charge is 0.504 e. The highest BCUT2D eigenvalue weighted by atomic mass is 127. The van der Waals surface area contributed by atoms with Crippen molar-refractivity contribution in [2.75, 3.05) is 12.4 Å². The molecule has 0 fully saturated rings. The third-order valence-electron chi connectivity index (χ3n) is 3.32. The SMILES string of the molecule is CNc1oc(-c2cccs2)c(O)c1-c1ccc(C)c(I)c1. The fraction of sp³-hybridized carbons (Fsp3) is 0.125. The number of hydrogen-bond acceptors (Lipinski definition) is 4. The summed E-state index contributed by atoms with van der Waals surface area (Å²) in [5.41, 5.74) is 2.86. The van der Waals surface area contributed by atoms with Gasteiger partial charge in [0, 0.05) is 10.6 Å². The summed E-state index contributed by atoms with van der Waals surface area (Å²) < 4.78 is 6.97. The minimum Gasteiger partial charge on any atom is -0.504 e. The molecule has 1 aromatic carbocycles. The van der Waals surface area contributed by atoms with Crippen molar-refractivity contribution in [3.8, 4) is 27.5 Å². The van der Waals surface area contributed by atoms with Crippen molar-refractivity contribution in [2.45, 2.75) is 6.92 Å². The molecule has 21 heavy (non-hydrogen) atoms. The normalized spacial score (nSPS) is 10.8. The smallest absolute Gasteiger partial charge is 0.205 e. The number of anilines is 1. The zero-order valence-corrected chi connectivity index (χ0v) is 14.6. The van der Waals surface area contributed by atoms with Crippen molar-refractivity contribution in [2.24, 2.45) is 0 Å². The zero-order chi connectivity index (χ0) is 15.0. The molecule has 0 atom stereocenters. The van der Waals surface area contributed by atoms with Crippen molar-refractivity contribution in [3.05, 3.63) is 44.8 Å². The number of aromatic hydroxyl groups is 1. The summed E-state index contributed by atoms with van der Waals surface area (Å²) in [5, 5.41) is 15.6. The van der Waals surface area contributed by atoms with Gasteiger partial charge in [0.25, 0.3) is 0 Å². The highest BCUT2D eigenvalue weighted by Crippen LogP contribution is 2.47. The maximum Gasteiger partial charge on any atom is 0.205 e. The molecule has 108 valence electrons. The van der Waals surface area contributed by atoms with Crippen LogP contribution in [0.3, 0.4) is 0 Å². The van der Waals surface area contributed by atoms with Crippen LogP contribution in [0.1, 0.15) is 5.56 Å². The topological polar surface area (TPSA) is 45.4 Å². The molecular formula is C16H14INO2S. The molecule has 2 heterocycles. The van der Waals surface area contributed by atoms with Crippen LogP contribution in [0.25, 0.3) is 21.8 Å². The lowest BCUT2D eigenvalue weighted by molar-refractivity contribution is 0.467. The van der Waals surface area contributed by atoms with Crippen LogP contribution in [-0.4, -0.2) is 12.2 Å². The van der Waals surface area contributed by atoms with E-state index in [9.17, 15) is 5.11 Å². The molecular weight excluding hydrogens is 397 g/mol. The van der Waals surface area contributed by atoms with Crippen LogP contribution in [-0.2, 0) is 0 Å². The van der Waals surface area contributed by atoms with Gasteiger partial charge in [0.05, 0.1) is 10.4 Å².